The Kier molecular flexibility index (Phi) is 7.34. The molecule has 2 unspecified atom stereocenters. The number of phenolic OH excluding ortho intramolecular Hbond substituents is 1. The number of alkyl halides is 3. The van der Waals surface area contributed by atoms with Crippen molar-refractivity contribution in [2.75, 3.05) is 6.61 Å². The van der Waals surface area contributed by atoms with Crippen molar-refractivity contribution in [2.45, 2.75) is 19.5 Å². The van der Waals surface area contributed by atoms with Crippen LogP contribution in [0.3, 0.4) is 0 Å². The van der Waals surface area contributed by atoms with Crippen LogP contribution in [0.4, 0.5) is 13.2 Å². The zero-order chi connectivity index (χ0) is 24.2. The van der Waals surface area contributed by atoms with Gasteiger partial charge in [-0.3, -0.25) is 4.79 Å². The Labute approximate surface area is 193 Å². The molecule has 9 heteroatoms. The van der Waals surface area contributed by atoms with Crippen molar-refractivity contribution >= 4 is 17.5 Å². The Balaban J connectivity index is 1.82. The minimum Gasteiger partial charge on any atom is -0.507 e. The maximum absolute atomic E-state index is 13.2. The molecule has 2 atom stereocenters. The Hall–Kier alpha value is -3.44. The molecule has 2 aromatic rings. The van der Waals surface area contributed by atoms with Gasteiger partial charge in [0.25, 0.3) is 5.91 Å². The van der Waals surface area contributed by atoms with E-state index in [1.165, 1.54) is 42.5 Å². The lowest BCUT2D eigenvalue weighted by Crippen LogP contribution is -2.32. The first-order valence-electron chi connectivity index (χ1n) is 10.0. The molecule has 2 N–H and O–H groups in total. The van der Waals surface area contributed by atoms with Gasteiger partial charge in [-0.2, -0.15) is 18.4 Å². The summed E-state index contributed by atoms with van der Waals surface area (Å²) >= 11 is 5.92. The number of ether oxygens (including phenoxy) is 1. The quantitative estimate of drug-likeness (QED) is 0.567. The molecule has 0 aliphatic heterocycles. The van der Waals surface area contributed by atoms with Crippen LogP contribution in [0.15, 0.2) is 66.1 Å². The molecule has 1 aliphatic rings. The van der Waals surface area contributed by atoms with Crippen molar-refractivity contribution in [1.29, 1.82) is 5.26 Å². The number of nitriles is 1. The van der Waals surface area contributed by atoms with E-state index >= 15 is 0 Å². The zero-order valence-electron chi connectivity index (χ0n) is 17.5. The summed E-state index contributed by atoms with van der Waals surface area (Å²) in [7, 11) is 0. The fraction of sp³-hybridized carbons (Fsp3) is 0.250. The number of carbonyl (C=O) groups excluding carboxylic acids is 1. The number of aromatic hydroxyl groups is 1. The Morgan fingerprint density at radius 2 is 2.00 bits per heavy atom. The van der Waals surface area contributed by atoms with Crippen LogP contribution >= 0.6 is 11.6 Å². The van der Waals surface area contributed by atoms with Crippen molar-refractivity contribution in [3.63, 3.8) is 0 Å². The lowest BCUT2D eigenvalue weighted by molar-refractivity contribution is -0.138. The Morgan fingerprint density at radius 1 is 1.27 bits per heavy atom. The van der Waals surface area contributed by atoms with E-state index < -0.39 is 29.5 Å². The van der Waals surface area contributed by atoms with E-state index in [0.717, 1.165) is 6.07 Å². The maximum atomic E-state index is 13.2. The SMILES string of the molecule is CC1C(NC(=O)c2cc(Cl)ccc2O)=C(OCCc2ccccc2C(F)(F)F)C=CC1C#N. The summed E-state index contributed by atoms with van der Waals surface area (Å²) in [5, 5.41) is 22.3. The number of rotatable bonds is 6. The van der Waals surface area contributed by atoms with Crippen LogP contribution in [0.25, 0.3) is 0 Å². The second kappa shape index (κ2) is 10.0. The van der Waals surface area contributed by atoms with Crippen LogP contribution in [-0.2, 0) is 17.3 Å². The largest absolute Gasteiger partial charge is 0.507 e. The first kappa shape index (κ1) is 24.2. The van der Waals surface area contributed by atoms with Gasteiger partial charge in [0, 0.05) is 17.4 Å². The molecule has 1 aliphatic carbocycles. The van der Waals surface area contributed by atoms with Gasteiger partial charge in [-0.25, -0.2) is 0 Å². The average molecular weight is 477 g/mol. The second-order valence-corrected chi connectivity index (χ2v) is 7.89. The van der Waals surface area contributed by atoms with Crippen LogP contribution in [0.1, 0.15) is 28.4 Å². The van der Waals surface area contributed by atoms with Gasteiger partial charge in [-0.05, 0) is 35.9 Å². The van der Waals surface area contributed by atoms with Gasteiger partial charge in [-0.1, -0.05) is 42.8 Å². The summed E-state index contributed by atoms with van der Waals surface area (Å²) in [5.41, 5.74) is -0.423. The van der Waals surface area contributed by atoms with E-state index in [1.807, 2.05) is 0 Å². The van der Waals surface area contributed by atoms with Crippen molar-refractivity contribution in [3.8, 4) is 11.8 Å². The van der Waals surface area contributed by atoms with Crippen molar-refractivity contribution in [1.82, 2.24) is 5.32 Å². The van der Waals surface area contributed by atoms with Crippen LogP contribution in [0.5, 0.6) is 5.75 Å². The minimum absolute atomic E-state index is 0.0145. The molecular formula is C24H20ClF3N2O3. The molecule has 0 aromatic heterocycles. The second-order valence-electron chi connectivity index (χ2n) is 7.45. The topological polar surface area (TPSA) is 82.3 Å². The van der Waals surface area contributed by atoms with Crippen molar-refractivity contribution in [2.24, 2.45) is 11.8 Å². The van der Waals surface area contributed by atoms with Gasteiger partial charge < -0.3 is 15.2 Å². The fourth-order valence-electron chi connectivity index (χ4n) is 3.47. The molecule has 0 spiro atoms. The van der Waals surface area contributed by atoms with E-state index in [2.05, 4.69) is 11.4 Å². The minimum atomic E-state index is -4.48. The summed E-state index contributed by atoms with van der Waals surface area (Å²) in [6.45, 7) is 1.63. The molecule has 33 heavy (non-hydrogen) atoms. The van der Waals surface area contributed by atoms with Crippen LogP contribution in [0, 0.1) is 23.2 Å². The highest BCUT2D eigenvalue weighted by atomic mass is 35.5. The molecule has 0 saturated heterocycles. The van der Waals surface area contributed by atoms with Crippen LogP contribution in [-0.4, -0.2) is 17.6 Å². The summed E-state index contributed by atoms with van der Waals surface area (Å²) in [6.07, 6.45) is -1.38. The summed E-state index contributed by atoms with van der Waals surface area (Å²) in [6, 6.07) is 11.4. The first-order chi connectivity index (χ1) is 15.6. The molecule has 172 valence electrons. The number of phenols is 1. The summed E-state index contributed by atoms with van der Waals surface area (Å²) < 4.78 is 45.4. The predicted molar refractivity (Wildman–Crippen MR) is 116 cm³/mol. The zero-order valence-corrected chi connectivity index (χ0v) is 18.2. The van der Waals surface area contributed by atoms with E-state index in [0.29, 0.717) is 0 Å². The molecule has 0 fully saturated rings. The van der Waals surface area contributed by atoms with Crippen molar-refractivity contribution in [3.05, 3.63) is 87.8 Å². The molecule has 1 amide bonds. The third-order valence-corrected chi connectivity index (χ3v) is 5.50. The smallest absolute Gasteiger partial charge is 0.416 e. The molecule has 0 radical (unpaired) electrons. The van der Waals surface area contributed by atoms with Crippen LogP contribution in [0.2, 0.25) is 5.02 Å². The molecule has 3 rings (SSSR count). The van der Waals surface area contributed by atoms with Gasteiger partial charge in [0.05, 0.1) is 35.4 Å². The monoisotopic (exact) mass is 476 g/mol. The Morgan fingerprint density at radius 3 is 2.70 bits per heavy atom. The highest BCUT2D eigenvalue weighted by Crippen LogP contribution is 2.33. The predicted octanol–water partition coefficient (Wildman–Crippen LogP) is 5.61. The number of amides is 1. The molecular weight excluding hydrogens is 457 g/mol. The lowest BCUT2D eigenvalue weighted by Gasteiger charge is -2.26. The number of allylic oxidation sites excluding steroid dienone is 3. The summed E-state index contributed by atoms with van der Waals surface area (Å²) in [4.78, 5) is 12.8. The number of carbonyl (C=O) groups is 1. The first-order valence-corrected chi connectivity index (χ1v) is 10.4. The molecule has 0 heterocycles. The van der Waals surface area contributed by atoms with E-state index in [-0.39, 0.29) is 46.4 Å². The van der Waals surface area contributed by atoms with Crippen LogP contribution < -0.4 is 5.32 Å². The lowest BCUT2D eigenvalue weighted by atomic mass is 9.87. The standard InChI is InChI=1S/C24H20ClF3N2O3/c1-14-16(13-29)6-9-21(22(14)30-23(32)18-12-17(25)7-8-20(18)31)33-11-10-15-4-2-3-5-19(15)24(26,27)28/h2-9,12,14,16,31H,10-11H2,1H3,(H,30,32). The van der Waals surface area contributed by atoms with Crippen molar-refractivity contribution < 1.29 is 27.8 Å². The van der Waals surface area contributed by atoms with Gasteiger partial charge in [0.15, 0.2) is 0 Å². The fourth-order valence-corrected chi connectivity index (χ4v) is 3.65. The number of nitrogens with zero attached hydrogens (tertiary/aromatic N) is 1. The third kappa shape index (κ3) is 5.68. The van der Waals surface area contributed by atoms with Gasteiger partial charge >= 0.3 is 6.18 Å². The summed E-state index contributed by atoms with van der Waals surface area (Å²) in [5.74, 6) is -1.73. The Bertz CT molecular complexity index is 1150. The molecule has 0 saturated carbocycles. The van der Waals surface area contributed by atoms with E-state index in [1.54, 1.807) is 13.0 Å². The number of halogens is 4. The average Bonchev–Trinajstić information content (AvgIpc) is 2.77. The van der Waals surface area contributed by atoms with E-state index in [4.69, 9.17) is 16.3 Å². The number of nitrogens with one attached hydrogen (secondary N) is 1. The van der Waals surface area contributed by atoms with Gasteiger partial charge in [0.1, 0.15) is 11.5 Å². The molecule has 0 bridgehead atoms. The maximum Gasteiger partial charge on any atom is 0.416 e. The molecule has 2 aromatic carbocycles. The number of benzene rings is 2. The third-order valence-electron chi connectivity index (χ3n) is 5.27. The highest BCUT2D eigenvalue weighted by Gasteiger charge is 2.33. The molecule has 5 nitrogen and oxygen atoms in total. The van der Waals surface area contributed by atoms with Gasteiger partial charge in [-0.15, -0.1) is 0 Å². The van der Waals surface area contributed by atoms with E-state index in [9.17, 15) is 28.3 Å². The highest BCUT2D eigenvalue weighted by molar-refractivity contribution is 6.31. The number of hydrogen-bond acceptors (Lipinski definition) is 4. The normalized spacial score (nSPS) is 18.1. The number of hydrogen-bond donors (Lipinski definition) is 2. The van der Waals surface area contributed by atoms with Gasteiger partial charge in [0.2, 0.25) is 0 Å².